The molecule has 0 amide bonds. The fourth-order valence-electron chi connectivity index (χ4n) is 1.79. The minimum Gasteiger partial charge on any atom is -0.423 e. The molecule has 0 unspecified atom stereocenters. The molecule has 0 bridgehead atoms. The van der Waals surface area contributed by atoms with Gasteiger partial charge in [0.2, 0.25) is 0 Å². The lowest BCUT2D eigenvalue weighted by atomic mass is 10.1. The summed E-state index contributed by atoms with van der Waals surface area (Å²) < 4.78 is 5.14. The minimum atomic E-state index is -0.401. The number of hydrogen-bond acceptors (Lipinski definition) is 2. The van der Waals surface area contributed by atoms with Crippen LogP contribution < -0.4 is 4.74 Å². The average Bonchev–Trinajstić information content (AvgIpc) is 2.50. The van der Waals surface area contributed by atoms with Gasteiger partial charge in [-0.1, -0.05) is 61.2 Å². The summed E-state index contributed by atoms with van der Waals surface area (Å²) in [6, 6.07) is 17.7. The van der Waals surface area contributed by atoms with Crippen LogP contribution in [0, 0.1) is 0 Å². The number of hydrogen-bond donors (Lipinski definition) is 0. The maximum atomic E-state index is 11.4. The number of carbonyl (C=O) groups excluding carboxylic acids is 1. The van der Waals surface area contributed by atoms with E-state index in [9.17, 15) is 4.79 Å². The topological polar surface area (TPSA) is 26.3 Å². The highest BCUT2D eigenvalue weighted by atomic mass is 16.5. The summed E-state index contributed by atoms with van der Waals surface area (Å²) in [5, 5.41) is 0. The van der Waals surface area contributed by atoms with Crippen molar-refractivity contribution in [2.75, 3.05) is 0 Å². The standard InChI is InChI=1S/C19H18O2/c1-15(2)19(20)21-18-13-11-17(12-14-18)10-6-9-16-7-4-3-5-8-16/h3-8,10-14H,1,9H2,2H3. The molecule has 0 heterocycles. The zero-order chi connectivity index (χ0) is 15.1. The number of benzene rings is 2. The van der Waals surface area contributed by atoms with Gasteiger partial charge >= 0.3 is 5.97 Å². The molecule has 0 spiro atoms. The summed E-state index contributed by atoms with van der Waals surface area (Å²) in [5.74, 6) is 0.130. The Kier molecular flexibility index (Phi) is 5.10. The molecule has 0 aliphatic rings. The molecule has 0 aromatic heterocycles. The van der Waals surface area contributed by atoms with Gasteiger partial charge in [0.15, 0.2) is 0 Å². The van der Waals surface area contributed by atoms with E-state index in [4.69, 9.17) is 4.74 Å². The molecule has 2 rings (SSSR count). The quantitative estimate of drug-likeness (QED) is 0.459. The van der Waals surface area contributed by atoms with Crippen molar-refractivity contribution >= 4 is 12.0 Å². The van der Waals surface area contributed by atoms with Gasteiger partial charge in [0.25, 0.3) is 0 Å². The Hall–Kier alpha value is -2.61. The zero-order valence-corrected chi connectivity index (χ0v) is 12.1. The number of ether oxygens (including phenoxy) is 1. The third-order valence-corrected chi connectivity index (χ3v) is 2.95. The van der Waals surface area contributed by atoms with Crippen molar-refractivity contribution in [3.8, 4) is 5.75 Å². The first-order valence-electron chi connectivity index (χ1n) is 6.83. The van der Waals surface area contributed by atoms with Crippen molar-refractivity contribution in [2.24, 2.45) is 0 Å². The summed E-state index contributed by atoms with van der Waals surface area (Å²) in [6.07, 6.45) is 5.06. The largest absolute Gasteiger partial charge is 0.423 e. The number of rotatable bonds is 5. The fraction of sp³-hybridized carbons (Fsp3) is 0.105. The normalized spacial score (nSPS) is 10.5. The smallest absolute Gasteiger partial charge is 0.338 e. The molecule has 0 saturated carbocycles. The Bertz CT molecular complexity index is 637. The highest BCUT2D eigenvalue weighted by molar-refractivity contribution is 5.88. The van der Waals surface area contributed by atoms with Crippen LogP contribution in [-0.4, -0.2) is 5.97 Å². The Balaban J connectivity index is 1.93. The first-order chi connectivity index (χ1) is 10.1. The van der Waals surface area contributed by atoms with Gasteiger partial charge in [0.1, 0.15) is 5.75 Å². The monoisotopic (exact) mass is 278 g/mol. The van der Waals surface area contributed by atoms with Crippen LogP contribution in [0.25, 0.3) is 6.08 Å². The summed E-state index contributed by atoms with van der Waals surface area (Å²) >= 11 is 0. The van der Waals surface area contributed by atoms with Crippen LogP contribution in [0.15, 0.2) is 72.8 Å². The van der Waals surface area contributed by atoms with Crippen molar-refractivity contribution < 1.29 is 9.53 Å². The third-order valence-electron chi connectivity index (χ3n) is 2.95. The van der Waals surface area contributed by atoms with Crippen LogP contribution in [0.5, 0.6) is 5.75 Å². The highest BCUT2D eigenvalue weighted by Gasteiger charge is 2.04. The first-order valence-corrected chi connectivity index (χ1v) is 6.83. The van der Waals surface area contributed by atoms with E-state index in [0.717, 1.165) is 12.0 Å². The van der Waals surface area contributed by atoms with Gasteiger partial charge in [-0.3, -0.25) is 0 Å². The summed E-state index contributed by atoms with van der Waals surface area (Å²) in [6.45, 7) is 5.18. The Morgan fingerprint density at radius 1 is 1.10 bits per heavy atom. The predicted octanol–water partition coefficient (Wildman–Crippen LogP) is 4.42. The summed E-state index contributed by atoms with van der Waals surface area (Å²) in [5.41, 5.74) is 2.74. The van der Waals surface area contributed by atoms with Crippen molar-refractivity contribution in [1.29, 1.82) is 0 Å². The predicted molar refractivity (Wildman–Crippen MR) is 86.1 cm³/mol. The molecule has 2 aromatic rings. The van der Waals surface area contributed by atoms with E-state index in [1.165, 1.54) is 5.56 Å². The van der Waals surface area contributed by atoms with E-state index in [1.807, 2.05) is 30.3 Å². The van der Waals surface area contributed by atoms with E-state index in [1.54, 1.807) is 19.1 Å². The van der Waals surface area contributed by atoms with Gasteiger partial charge < -0.3 is 4.74 Å². The lowest BCUT2D eigenvalue weighted by molar-refractivity contribution is -0.130. The molecule has 0 saturated heterocycles. The Morgan fingerprint density at radius 3 is 2.38 bits per heavy atom. The van der Waals surface area contributed by atoms with Crippen LogP contribution in [0.4, 0.5) is 0 Å². The third kappa shape index (κ3) is 4.77. The molecule has 0 fully saturated rings. The van der Waals surface area contributed by atoms with Crippen molar-refractivity contribution in [3.63, 3.8) is 0 Å². The SMILES string of the molecule is C=C(C)C(=O)Oc1ccc(C=CCc2ccccc2)cc1. The zero-order valence-electron chi connectivity index (χ0n) is 12.1. The molecule has 0 aliphatic carbocycles. The van der Waals surface area contributed by atoms with Crippen molar-refractivity contribution in [1.82, 2.24) is 0 Å². The Labute approximate surface area is 125 Å². The van der Waals surface area contributed by atoms with E-state index >= 15 is 0 Å². The van der Waals surface area contributed by atoms with Crippen LogP contribution in [0.2, 0.25) is 0 Å². The molecule has 2 aromatic carbocycles. The molecule has 0 radical (unpaired) electrons. The summed E-state index contributed by atoms with van der Waals surface area (Å²) in [4.78, 5) is 11.4. The molecular formula is C19H18O2. The van der Waals surface area contributed by atoms with Gasteiger partial charge in [0.05, 0.1) is 0 Å². The fourth-order valence-corrected chi connectivity index (χ4v) is 1.79. The number of carbonyl (C=O) groups is 1. The van der Waals surface area contributed by atoms with Gasteiger partial charge in [-0.25, -0.2) is 4.79 Å². The molecule has 21 heavy (non-hydrogen) atoms. The molecular weight excluding hydrogens is 260 g/mol. The van der Waals surface area contributed by atoms with Crippen LogP contribution >= 0.6 is 0 Å². The molecule has 106 valence electrons. The van der Waals surface area contributed by atoms with Crippen molar-refractivity contribution in [3.05, 3.63) is 84.0 Å². The Morgan fingerprint density at radius 2 is 1.76 bits per heavy atom. The van der Waals surface area contributed by atoms with Crippen molar-refractivity contribution in [2.45, 2.75) is 13.3 Å². The number of esters is 1. The second-order valence-electron chi connectivity index (χ2n) is 4.83. The van der Waals surface area contributed by atoms with E-state index in [2.05, 4.69) is 30.9 Å². The molecule has 2 heteroatoms. The second-order valence-corrected chi connectivity index (χ2v) is 4.83. The van der Waals surface area contributed by atoms with Crippen LogP contribution in [-0.2, 0) is 11.2 Å². The van der Waals surface area contributed by atoms with Crippen LogP contribution in [0.3, 0.4) is 0 Å². The van der Waals surface area contributed by atoms with Gasteiger partial charge in [-0.15, -0.1) is 0 Å². The highest BCUT2D eigenvalue weighted by Crippen LogP contribution is 2.14. The molecule has 0 atom stereocenters. The average molecular weight is 278 g/mol. The maximum absolute atomic E-state index is 11.4. The van der Waals surface area contributed by atoms with E-state index in [-0.39, 0.29) is 0 Å². The molecule has 0 N–H and O–H groups in total. The van der Waals surface area contributed by atoms with Crippen LogP contribution in [0.1, 0.15) is 18.1 Å². The van der Waals surface area contributed by atoms with Gasteiger partial charge in [0, 0.05) is 5.57 Å². The van der Waals surface area contributed by atoms with E-state index < -0.39 is 5.97 Å². The second kappa shape index (κ2) is 7.25. The molecule has 2 nitrogen and oxygen atoms in total. The molecule has 0 aliphatic heterocycles. The number of allylic oxidation sites excluding steroid dienone is 1. The first kappa shape index (κ1) is 14.8. The maximum Gasteiger partial charge on any atom is 0.338 e. The summed E-state index contributed by atoms with van der Waals surface area (Å²) in [7, 11) is 0. The lowest BCUT2D eigenvalue weighted by Gasteiger charge is -2.03. The van der Waals surface area contributed by atoms with Gasteiger partial charge in [-0.05, 0) is 36.6 Å². The van der Waals surface area contributed by atoms with E-state index in [0.29, 0.717) is 11.3 Å². The minimum absolute atomic E-state index is 0.391. The lowest BCUT2D eigenvalue weighted by Crippen LogP contribution is -2.07. The van der Waals surface area contributed by atoms with Gasteiger partial charge in [-0.2, -0.15) is 0 Å².